The lowest BCUT2D eigenvalue weighted by Crippen LogP contribution is -2.23. The van der Waals surface area contributed by atoms with Gasteiger partial charge in [-0.05, 0) is 12.8 Å². The first-order valence-corrected chi connectivity index (χ1v) is 6.13. The number of hydrogen-bond acceptors (Lipinski definition) is 3. The van der Waals surface area contributed by atoms with Crippen LogP contribution in [0.1, 0.15) is 33.1 Å². The lowest BCUT2D eigenvalue weighted by atomic mass is 10.1. The Morgan fingerprint density at radius 3 is 2.57 bits per heavy atom. The summed E-state index contributed by atoms with van der Waals surface area (Å²) < 4.78 is 24.1. The number of ether oxygens (including phenoxy) is 1. The predicted molar refractivity (Wildman–Crippen MR) is 55.3 cm³/mol. The molecule has 2 unspecified atom stereocenters. The molecule has 14 heavy (non-hydrogen) atoms. The van der Waals surface area contributed by atoms with Crippen LogP contribution in [0.2, 0.25) is 0 Å². The molecular weight excluding hydrogens is 204 g/mol. The number of esters is 1. The highest BCUT2D eigenvalue weighted by Crippen LogP contribution is 2.07. The first-order valence-electron chi connectivity index (χ1n) is 4.85. The third kappa shape index (κ3) is 6.10. The zero-order valence-electron chi connectivity index (χ0n) is 8.69. The second kappa shape index (κ2) is 7.94. The van der Waals surface area contributed by atoms with E-state index < -0.39 is 17.0 Å². The molecule has 0 heterocycles. The van der Waals surface area contributed by atoms with Gasteiger partial charge in [0.2, 0.25) is 0 Å². The summed E-state index contributed by atoms with van der Waals surface area (Å²) in [5, 5.41) is 0. The van der Waals surface area contributed by atoms with Crippen molar-refractivity contribution in [3.8, 4) is 0 Å². The number of carbonyl (C=O) groups excluding carboxylic acids is 1. The highest BCUT2D eigenvalue weighted by molar-refractivity contribution is 7.79. The van der Waals surface area contributed by atoms with Gasteiger partial charge in [0.05, 0.1) is 18.3 Å². The van der Waals surface area contributed by atoms with E-state index >= 15 is 0 Å². The molecular formula is C9H18O4S. The molecule has 0 spiro atoms. The summed E-state index contributed by atoms with van der Waals surface area (Å²) in [7, 11) is 0. The van der Waals surface area contributed by atoms with Crippen LogP contribution in [0.3, 0.4) is 0 Å². The number of carbonyl (C=O) groups is 1. The zero-order valence-corrected chi connectivity index (χ0v) is 9.51. The average Bonchev–Trinajstić information content (AvgIpc) is 2.14. The molecule has 0 saturated carbocycles. The van der Waals surface area contributed by atoms with Crippen molar-refractivity contribution >= 4 is 17.0 Å². The Kier molecular flexibility index (Phi) is 7.70. The van der Waals surface area contributed by atoms with Crippen LogP contribution in [0, 0.1) is 5.92 Å². The summed E-state index contributed by atoms with van der Waals surface area (Å²) in [5.74, 6) is -0.831. The molecule has 0 bridgehead atoms. The topological polar surface area (TPSA) is 63.6 Å². The largest absolute Gasteiger partial charge is 0.465 e. The summed E-state index contributed by atoms with van der Waals surface area (Å²) >= 11 is -1.92. The van der Waals surface area contributed by atoms with Gasteiger partial charge in [-0.3, -0.25) is 4.79 Å². The Balaban J connectivity index is 3.85. The summed E-state index contributed by atoms with van der Waals surface area (Å²) in [6.45, 7) is 4.22. The Bertz CT molecular complexity index is 193. The van der Waals surface area contributed by atoms with Crippen LogP contribution in [0.5, 0.6) is 0 Å². The molecule has 0 fully saturated rings. The first kappa shape index (κ1) is 13.6. The van der Waals surface area contributed by atoms with Crippen molar-refractivity contribution in [3.63, 3.8) is 0 Å². The van der Waals surface area contributed by atoms with Gasteiger partial charge in [0.25, 0.3) is 0 Å². The molecule has 0 aromatic carbocycles. The third-order valence-electron chi connectivity index (χ3n) is 1.91. The summed E-state index contributed by atoms with van der Waals surface area (Å²) in [6, 6.07) is 0. The Hall–Kier alpha value is -0.420. The second-order valence-electron chi connectivity index (χ2n) is 3.11. The maximum atomic E-state index is 11.3. The third-order valence-corrected chi connectivity index (χ3v) is 2.60. The normalized spacial score (nSPS) is 14.8. The van der Waals surface area contributed by atoms with Gasteiger partial charge >= 0.3 is 5.97 Å². The van der Waals surface area contributed by atoms with Crippen molar-refractivity contribution in [2.75, 3.05) is 12.4 Å². The molecule has 5 heteroatoms. The molecule has 0 aliphatic heterocycles. The van der Waals surface area contributed by atoms with Gasteiger partial charge in [0.1, 0.15) is 0 Å². The van der Waals surface area contributed by atoms with Gasteiger partial charge in [-0.25, -0.2) is 4.21 Å². The molecule has 2 atom stereocenters. The highest BCUT2D eigenvalue weighted by atomic mass is 32.2. The number of rotatable bonds is 7. The van der Waals surface area contributed by atoms with E-state index in [1.807, 2.05) is 6.92 Å². The van der Waals surface area contributed by atoms with E-state index in [9.17, 15) is 9.00 Å². The van der Waals surface area contributed by atoms with E-state index in [-0.39, 0.29) is 11.7 Å². The predicted octanol–water partition coefficient (Wildman–Crippen LogP) is 1.58. The fourth-order valence-electron chi connectivity index (χ4n) is 0.960. The molecule has 84 valence electrons. The molecule has 0 aliphatic rings. The van der Waals surface area contributed by atoms with E-state index in [0.29, 0.717) is 13.0 Å². The monoisotopic (exact) mass is 222 g/mol. The Morgan fingerprint density at radius 1 is 1.50 bits per heavy atom. The van der Waals surface area contributed by atoms with Crippen molar-refractivity contribution in [1.29, 1.82) is 0 Å². The fourth-order valence-corrected chi connectivity index (χ4v) is 1.68. The van der Waals surface area contributed by atoms with Crippen molar-refractivity contribution in [2.45, 2.75) is 33.1 Å². The smallest absolute Gasteiger partial charge is 0.309 e. The quantitative estimate of drug-likeness (QED) is 0.403. The van der Waals surface area contributed by atoms with Crippen LogP contribution < -0.4 is 0 Å². The maximum absolute atomic E-state index is 11.3. The molecule has 0 saturated heterocycles. The van der Waals surface area contributed by atoms with Crippen molar-refractivity contribution < 1.29 is 18.3 Å². The van der Waals surface area contributed by atoms with Crippen LogP contribution in [-0.4, -0.2) is 27.1 Å². The van der Waals surface area contributed by atoms with Crippen molar-refractivity contribution in [3.05, 3.63) is 0 Å². The summed E-state index contributed by atoms with van der Waals surface area (Å²) in [6.07, 6.45) is 2.34. The molecule has 0 aromatic heterocycles. The number of hydrogen-bond donors (Lipinski definition) is 1. The summed E-state index contributed by atoms with van der Waals surface area (Å²) in [5.41, 5.74) is 0. The lowest BCUT2D eigenvalue weighted by molar-refractivity contribution is -0.148. The van der Waals surface area contributed by atoms with Crippen LogP contribution in [0.25, 0.3) is 0 Å². The molecule has 0 aromatic rings. The van der Waals surface area contributed by atoms with Gasteiger partial charge < -0.3 is 9.29 Å². The fraction of sp³-hybridized carbons (Fsp3) is 0.889. The zero-order chi connectivity index (χ0) is 11.0. The van der Waals surface area contributed by atoms with Crippen molar-refractivity contribution in [2.24, 2.45) is 5.92 Å². The van der Waals surface area contributed by atoms with E-state index in [4.69, 9.17) is 9.29 Å². The Morgan fingerprint density at radius 2 is 2.14 bits per heavy atom. The molecule has 0 amide bonds. The maximum Gasteiger partial charge on any atom is 0.309 e. The van der Waals surface area contributed by atoms with Crippen LogP contribution in [-0.2, 0) is 20.6 Å². The van der Waals surface area contributed by atoms with E-state index in [1.54, 1.807) is 6.92 Å². The standard InChI is InChI=1S/C9H18O4S/c1-3-5-6-13-9(10)8(4-2)7-14(11)12/h8H,3-7H2,1-2H3,(H,11,12). The molecule has 0 rings (SSSR count). The molecule has 4 nitrogen and oxygen atoms in total. The van der Waals surface area contributed by atoms with Gasteiger partial charge in [-0.15, -0.1) is 0 Å². The van der Waals surface area contributed by atoms with Crippen LogP contribution >= 0.6 is 0 Å². The highest BCUT2D eigenvalue weighted by Gasteiger charge is 2.19. The summed E-state index contributed by atoms with van der Waals surface area (Å²) in [4.78, 5) is 11.3. The molecule has 0 radical (unpaired) electrons. The van der Waals surface area contributed by atoms with E-state index in [2.05, 4.69) is 0 Å². The van der Waals surface area contributed by atoms with Crippen LogP contribution in [0.15, 0.2) is 0 Å². The number of unbranched alkanes of at least 4 members (excludes halogenated alkanes) is 1. The van der Waals surface area contributed by atoms with Crippen molar-refractivity contribution in [1.82, 2.24) is 0 Å². The van der Waals surface area contributed by atoms with Gasteiger partial charge in [-0.2, -0.15) is 0 Å². The SMILES string of the molecule is CCCCOC(=O)C(CC)CS(=O)O. The van der Waals surface area contributed by atoms with Gasteiger partial charge in [0.15, 0.2) is 11.1 Å². The van der Waals surface area contributed by atoms with E-state index in [0.717, 1.165) is 12.8 Å². The molecule has 1 N–H and O–H groups in total. The minimum absolute atomic E-state index is 0.0263. The Labute approximate surface area is 87.3 Å². The van der Waals surface area contributed by atoms with E-state index in [1.165, 1.54) is 0 Å². The average molecular weight is 222 g/mol. The van der Waals surface area contributed by atoms with Crippen LogP contribution in [0.4, 0.5) is 0 Å². The second-order valence-corrected chi connectivity index (χ2v) is 4.09. The van der Waals surface area contributed by atoms with Gasteiger partial charge in [-0.1, -0.05) is 20.3 Å². The first-order chi connectivity index (χ1) is 6.61. The minimum Gasteiger partial charge on any atom is -0.465 e. The van der Waals surface area contributed by atoms with Gasteiger partial charge in [0, 0.05) is 0 Å². The minimum atomic E-state index is -1.92. The molecule has 0 aliphatic carbocycles. The lowest BCUT2D eigenvalue weighted by Gasteiger charge is -2.11.